The number of hydrogen-bond donors (Lipinski definition) is 1. The zero-order valence-corrected chi connectivity index (χ0v) is 10.1. The van der Waals surface area contributed by atoms with E-state index in [4.69, 9.17) is 9.84 Å². The number of carbonyl (C=O) groups is 1. The van der Waals surface area contributed by atoms with Gasteiger partial charge in [0.05, 0.1) is 13.0 Å². The van der Waals surface area contributed by atoms with E-state index in [1.54, 1.807) is 0 Å². The number of hydrogen-bond acceptors (Lipinski definition) is 2. The predicted molar refractivity (Wildman–Crippen MR) is 65.5 cm³/mol. The van der Waals surface area contributed by atoms with E-state index in [9.17, 15) is 4.79 Å². The fraction of sp³-hybridized carbons (Fsp3) is 0.500. The Balaban J connectivity index is 2.11. The van der Waals surface area contributed by atoms with E-state index in [-0.39, 0.29) is 12.3 Å². The summed E-state index contributed by atoms with van der Waals surface area (Å²) in [5, 5.41) is 8.85. The van der Waals surface area contributed by atoms with Crippen LogP contribution in [0, 0.1) is 0 Å². The van der Waals surface area contributed by atoms with Gasteiger partial charge in [-0.1, -0.05) is 13.0 Å². The fourth-order valence-corrected chi connectivity index (χ4v) is 2.41. The molecule has 0 radical (unpaired) electrons. The van der Waals surface area contributed by atoms with Gasteiger partial charge in [-0.05, 0) is 48.4 Å². The Morgan fingerprint density at radius 1 is 1.53 bits per heavy atom. The van der Waals surface area contributed by atoms with E-state index in [1.807, 2.05) is 12.1 Å². The van der Waals surface area contributed by atoms with Crippen LogP contribution in [0.1, 0.15) is 43.2 Å². The first-order valence-corrected chi connectivity index (χ1v) is 6.18. The molecule has 1 unspecified atom stereocenters. The molecule has 0 saturated carbocycles. The summed E-state index contributed by atoms with van der Waals surface area (Å²) >= 11 is 0. The molecule has 0 fully saturated rings. The predicted octanol–water partition coefficient (Wildman–Crippen LogP) is 2.98. The van der Waals surface area contributed by atoms with Crippen molar-refractivity contribution in [2.24, 2.45) is 0 Å². The first kappa shape index (κ1) is 12.0. The zero-order valence-electron chi connectivity index (χ0n) is 10.1. The van der Waals surface area contributed by atoms with Gasteiger partial charge in [0.25, 0.3) is 0 Å². The minimum absolute atomic E-state index is 0.183. The van der Waals surface area contributed by atoms with Gasteiger partial charge in [-0.15, -0.1) is 0 Å². The van der Waals surface area contributed by atoms with Crippen molar-refractivity contribution >= 4 is 5.97 Å². The van der Waals surface area contributed by atoms with Crippen molar-refractivity contribution in [2.75, 3.05) is 6.61 Å². The standard InChI is InChI=1S/C14H18O3/c1-2-7-17-12-5-6-13-10(8-12)3-4-11(13)9-14(15)16/h5-6,8,11H,2-4,7,9H2,1H3,(H,15,16). The Bertz CT molecular complexity index is 412. The molecule has 1 aromatic rings. The first-order chi connectivity index (χ1) is 8.20. The highest BCUT2D eigenvalue weighted by Crippen LogP contribution is 2.37. The molecule has 17 heavy (non-hydrogen) atoms. The van der Waals surface area contributed by atoms with Gasteiger partial charge in [0.1, 0.15) is 5.75 Å². The molecule has 1 aromatic carbocycles. The average Bonchev–Trinajstić information content (AvgIpc) is 2.68. The van der Waals surface area contributed by atoms with Crippen molar-refractivity contribution in [2.45, 2.75) is 38.5 Å². The molecule has 0 amide bonds. The maximum Gasteiger partial charge on any atom is 0.303 e. The van der Waals surface area contributed by atoms with Gasteiger partial charge in [0, 0.05) is 0 Å². The Kier molecular flexibility index (Phi) is 3.67. The van der Waals surface area contributed by atoms with E-state index in [0.29, 0.717) is 0 Å². The van der Waals surface area contributed by atoms with Crippen LogP contribution in [-0.2, 0) is 11.2 Å². The van der Waals surface area contributed by atoms with Crippen LogP contribution < -0.4 is 4.74 Å². The van der Waals surface area contributed by atoms with Crippen molar-refractivity contribution in [1.29, 1.82) is 0 Å². The molecule has 92 valence electrons. The van der Waals surface area contributed by atoms with Gasteiger partial charge in [-0.25, -0.2) is 0 Å². The Morgan fingerprint density at radius 3 is 3.06 bits per heavy atom. The largest absolute Gasteiger partial charge is 0.494 e. The summed E-state index contributed by atoms with van der Waals surface area (Å²) in [6, 6.07) is 6.04. The van der Waals surface area contributed by atoms with Crippen molar-refractivity contribution < 1.29 is 14.6 Å². The molecule has 1 atom stereocenters. The van der Waals surface area contributed by atoms with Crippen molar-refractivity contribution in [3.63, 3.8) is 0 Å². The van der Waals surface area contributed by atoms with Gasteiger partial charge in [0.2, 0.25) is 0 Å². The Hall–Kier alpha value is -1.51. The molecule has 0 aromatic heterocycles. The van der Waals surface area contributed by atoms with Gasteiger partial charge < -0.3 is 9.84 Å². The van der Waals surface area contributed by atoms with Gasteiger partial charge >= 0.3 is 5.97 Å². The van der Waals surface area contributed by atoms with E-state index in [1.165, 1.54) is 11.1 Å². The molecule has 0 heterocycles. The van der Waals surface area contributed by atoms with Gasteiger partial charge in [0.15, 0.2) is 0 Å². The normalized spacial score (nSPS) is 17.8. The zero-order chi connectivity index (χ0) is 12.3. The number of carboxylic acids is 1. The maximum absolute atomic E-state index is 10.7. The molecule has 1 aliphatic carbocycles. The van der Waals surface area contributed by atoms with Gasteiger partial charge in [-0.3, -0.25) is 4.79 Å². The van der Waals surface area contributed by atoms with Crippen LogP contribution >= 0.6 is 0 Å². The molecule has 0 spiro atoms. The van der Waals surface area contributed by atoms with Crippen LogP contribution in [0.25, 0.3) is 0 Å². The number of ether oxygens (including phenoxy) is 1. The van der Waals surface area contributed by atoms with Crippen LogP contribution in [0.3, 0.4) is 0 Å². The van der Waals surface area contributed by atoms with Crippen LogP contribution in [0.5, 0.6) is 5.75 Å². The summed E-state index contributed by atoms with van der Waals surface area (Å²) in [6.45, 7) is 2.81. The summed E-state index contributed by atoms with van der Waals surface area (Å²) in [6.07, 6.45) is 3.15. The summed E-state index contributed by atoms with van der Waals surface area (Å²) in [4.78, 5) is 10.7. The molecule has 0 bridgehead atoms. The molecule has 3 heteroatoms. The lowest BCUT2D eigenvalue weighted by Gasteiger charge is -2.10. The highest BCUT2D eigenvalue weighted by Gasteiger charge is 2.24. The third-order valence-electron chi connectivity index (χ3n) is 3.21. The minimum atomic E-state index is -0.714. The van der Waals surface area contributed by atoms with Gasteiger partial charge in [-0.2, -0.15) is 0 Å². The monoisotopic (exact) mass is 234 g/mol. The lowest BCUT2D eigenvalue weighted by Crippen LogP contribution is -2.03. The lowest BCUT2D eigenvalue weighted by molar-refractivity contribution is -0.137. The van der Waals surface area contributed by atoms with E-state index in [0.717, 1.165) is 31.6 Å². The summed E-state index contributed by atoms with van der Waals surface area (Å²) in [7, 11) is 0. The van der Waals surface area contributed by atoms with Crippen LogP contribution in [0.4, 0.5) is 0 Å². The molecular weight excluding hydrogens is 216 g/mol. The second-order valence-electron chi connectivity index (χ2n) is 4.54. The second-order valence-corrected chi connectivity index (χ2v) is 4.54. The molecule has 0 saturated heterocycles. The van der Waals surface area contributed by atoms with Crippen LogP contribution in [0.2, 0.25) is 0 Å². The summed E-state index contributed by atoms with van der Waals surface area (Å²) < 4.78 is 5.58. The minimum Gasteiger partial charge on any atom is -0.494 e. The number of fused-ring (bicyclic) bond motifs is 1. The van der Waals surface area contributed by atoms with E-state index in [2.05, 4.69) is 13.0 Å². The number of aliphatic carboxylic acids is 1. The quantitative estimate of drug-likeness (QED) is 0.852. The van der Waals surface area contributed by atoms with Crippen LogP contribution in [-0.4, -0.2) is 17.7 Å². The SMILES string of the molecule is CCCOc1ccc2c(c1)CCC2CC(=O)O. The molecular formula is C14H18O3. The molecule has 2 rings (SSSR count). The topological polar surface area (TPSA) is 46.5 Å². The average molecular weight is 234 g/mol. The first-order valence-electron chi connectivity index (χ1n) is 6.18. The van der Waals surface area contributed by atoms with Crippen molar-refractivity contribution in [3.8, 4) is 5.75 Å². The lowest BCUT2D eigenvalue weighted by atomic mass is 9.98. The van der Waals surface area contributed by atoms with Crippen molar-refractivity contribution in [1.82, 2.24) is 0 Å². The maximum atomic E-state index is 10.7. The summed E-state index contributed by atoms with van der Waals surface area (Å²) in [5.41, 5.74) is 2.45. The fourth-order valence-electron chi connectivity index (χ4n) is 2.41. The highest BCUT2D eigenvalue weighted by molar-refractivity contribution is 5.68. The molecule has 0 aliphatic heterocycles. The molecule has 3 nitrogen and oxygen atoms in total. The third-order valence-corrected chi connectivity index (χ3v) is 3.21. The smallest absolute Gasteiger partial charge is 0.303 e. The van der Waals surface area contributed by atoms with Crippen LogP contribution in [0.15, 0.2) is 18.2 Å². The Morgan fingerprint density at radius 2 is 2.35 bits per heavy atom. The second kappa shape index (κ2) is 5.21. The number of carboxylic acid groups (broad SMARTS) is 1. The van der Waals surface area contributed by atoms with E-state index < -0.39 is 5.97 Å². The Labute approximate surface area is 101 Å². The number of rotatable bonds is 5. The highest BCUT2D eigenvalue weighted by atomic mass is 16.5. The van der Waals surface area contributed by atoms with Crippen molar-refractivity contribution in [3.05, 3.63) is 29.3 Å². The molecule has 1 N–H and O–H groups in total. The summed E-state index contributed by atoms with van der Waals surface area (Å²) in [5.74, 6) is 0.374. The third kappa shape index (κ3) is 2.78. The number of aryl methyl sites for hydroxylation is 1. The molecule has 1 aliphatic rings. The number of benzene rings is 1. The van der Waals surface area contributed by atoms with E-state index >= 15 is 0 Å².